The monoisotopic (exact) mass is 279 g/mol. The number of benzene rings is 1. The molecule has 0 heterocycles. The highest BCUT2D eigenvalue weighted by Crippen LogP contribution is 2.33. The van der Waals surface area contributed by atoms with Crippen molar-refractivity contribution in [1.29, 1.82) is 0 Å². The second-order valence-corrected chi connectivity index (χ2v) is 5.52. The largest absolute Gasteiger partial charge is 0.493 e. The zero-order chi connectivity index (χ0) is 14.4. The Balaban J connectivity index is 1.95. The van der Waals surface area contributed by atoms with Gasteiger partial charge in [-0.15, -0.1) is 0 Å². The molecule has 0 saturated heterocycles. The van der Waals surface area contributed by atoms with Crippen LogP contribution in [-0.2, 0) is 0 Å². The molecule has 0 amide bonds. The van der Waals surface area contributed by atoms with Crippen molar-refractivity contribution < 1.29 is 14.6 Å². The van der Waals surface area contributed by atoms with Crippen molar-refractivity contribution in [2.45, 2.75) is 38.6 Å². The zero-order valence-electron chi connectivity index (χ0n) is 12.4. The van der Waals surface area contributed by atoms with Crippen molar-refractivity contribution in [3.05, 3.63) is 18.2 Å². The molecule has 2 N–H and O–H groups in total. The Kier molecular flexibility index (Phi) is 5.53. The number of rotatable bonds is 8. The summed E-state index contributed by atoms with van der Waals surface area (Å²) < 4.78 is 10.8. The summed E-state index contributed by atoms with van der Waals surface area (Å²) in [6, 6.07) is 6.29. The number of ether oxygens (including phenoxy) is 2. The third-order valence-corrected chi connectivity index (χ3v) is 3.84. The Morgan fingerprint density at radius 1 is 1.35 bits per heavy atom. The fourth-order valence-electron chi connectivity index (χ4n) is 2.61. The van der Waals surface area contributed by atoms with Crippen LogP contribution in [0.2, 0.25) is 0 Å². The van der Waals surface area contributed by atoms with Crippen molar-refractivity contribution in [1.82, 2.24) is 0 Å². The summed E-state index contributed by atoms with van der Waals surface area (Å²) in [6.45, 7) is 2.49. The van der Waals surface area contributed by atoms with Gasteiger partial charge in [0, 0.05) is 17.8 Å². The minimum atomic E-state index is -0.00110. The Labute approximate surface area is 121 Å². The number of aliphatic hydroxyl groups excluding tert-OH is 1. The van der Waals surface area contributed by atoms with Gasteiger partial charge >= 0.3 is 0 Å². The molecule has 0 bridgehead atoms. The van der Waals surface area contributed by atoms with Crippen molar-refractivity contribution >= 4 is 5.69 Å². The first-order valence-corrected chi connectivity index (χ1v) is 7.41. The summed E-state index contributed by atoms with van der Waals surface area (Å²) in [7, 11) is 1.62. The van der Waals surface area contributed by atoms with Crippen molar-refractivity contribution in [2.24, 2.45) is 5.92 Å². The maximum atomic E-state index is 8.86. The van der Waals surface area contributed by atoms with E-state index in [1.54, 1.807) is 7.11 Å². The third kappa shape index (κ3) is 4.04. The van der Waals surface area contributed by atoms with Gasteiger partial charge in [-0.3, -0.25) is 0 Å². The quantitative estimate of drug-likeness (QED) is 0.768. The van der Waals surface area contributed by atoms with E-state index >= 15 is 0 Å². The van der Waals surface area contributed by atoms with Gasteiger partial charge in [-0.2, -0.15) is 0 Å². The van der Waals surface area contributed by atoms with E-state index in [1.807, 2.05) is 18.2 Å². The number of methoxy groups -OCH3 is 1. The highest BCUT2D eigenvalue weighted by Gasteiger charge is 2.20. The highest BCUT2D eigenvalue weighted by molar-refractivity contribution is 5.55. The lowest BCUT2D eigenvalue weighted by Gasteiger charge is -2.29. The summed E-state index contributed by atoms with van der Waals surface area (Å²) in [5.74, 6) is 2.25. The van der Waals surface area contributed by atoms with Crippen molar-refractivity contribution in [2.75, 3.05) is 25.6 Å². The average Bonchev–Trinajstić information content (AvgIpc) is 2.41. The molecule has 1 saturated carbocycles. The van der Waals surface area contributed by atoms with Gasteiger partial charge in [-0.25, -0.2) is 0 Å². The number of aliphatic hydroxyl groups is 1. The number of anilines is 1. The van der Waals surface area contributed by atoms with Crippen LogP contribution in [0.15, 0.2) is 18.2 Å². The smallest absolute Gasteiger partial charge is 0.163 e. The standard InChI is InChI=1S/C16H25NO3/c1-12(10-13-4-3-5-13)17-14-6-7-15(19-2)16(11-14)20-9-8-18/h6-7,11-13,17-18H,3-5,8-10H2,1-2H3. The predicted octanol–water partition coefficient (Wildman–Crippen LogP) is 3.06. The van der Waals surface area contributed by atoms with Crippen LogP contribution in [0, 0.1) is 5.92 Å². The van der Waals surface area contributed by atoms with Gasteiger partial charge in [0.2, 0.25) is 0 Å². The van der Waals surface area contributed by atoms with Crippen LogP contribution in [0.25, 0.3) is 0 Å². The summed E-state index contributed by atoms with van der Waals surface area (Å²) >= 11 is 0. The van der Waals surface area contributed by atoms with Crippen LogP contribution in [0.4, 0.5) is 5.69 Å². The van der Waals surface area contributed by atoms with Crippen molar-refractivity contribution in [3.8, 4) is 11.5 Å². The molecule has 0 aliphatic heterocycles. The minimum absolute atomic E-state index is 0.00110. The lowest BCUT2D eigenvalue weighted by atomic mass is 9.81. The molecule has 0 aromatic heterocycles. The molecule has 20 heavy (non-hydrogen) atoms. The SMILES string of the molecule is COc1ccc(NC(C)CC2CCC2)cc1OCCO. The molecule has 0 spiro atoms. The number of hydrogen-bond donors (Lipinski definition) is 2. The molecule has 1 unspecified atom stereocenters. The number of hydrogen-bond acceptors (Lipinski definition) is 4. The number of nitrogens with one attached hydrogen (secondary N) is 1. The van der Waals surface area contributed by atoms with Crippen LogP contribution in [0.5, 0.6) is 11.5 Å². The lowest BCUT2D eigenvalue weighted by molar-refractivity contribution is 0.196. The Morgan fingerprint density at radius 3 is 2.75 bits per heavy atom. The normalized spacial score (nSPS) is 16.4. The van der Waals surface area contributed by atoms with E-state index < -0.39 is 0 Å². The fourth-order valence-corrected chi connectivity index (χ4v) is 2.61. The maximum absolute atomic E-state index is 8.86. The molecule has 1 aliphatic rings. The second kappa shape index (κ2) is 7.39. The van der Waals surface area contributed by atoms with Gasteiger partial charge in [0.1, 0.15) is 6.61 Å². The third-order valence-electron chi connectivity index (χ3n) is 3.84. The Hall–Kier alpha value is -1.42. The van der Waals surface area contributed by atoms with Gasteiger partial charge in [0.15, 0.2) is 11.5 Å². The van der Waals surface area contributed by atoms with E-state index in [0.29, 0.717) is 17.5 Å². The topological polar surface area (TPSA) is 50.7 Å². The minimum Gasteiger partial charge on any atom is -0.493 e. The van der Waals surface area contributed by atoms with E-state index in [9.17, 15) is 0 Å². The Morgan fingerprint density at radius 2 is 2.15 bits per heavy atom. The van der Waals surface area contributed by atoms with E-state index in [1.165, 1.54) is 25.7 Å². The van der Waals surface area contributed by atoms with E-state index in [4.69, 9.17) is 14.6 Å². The Bertz CT molecular complexity index is 418. The molecule has 1 aliphatic carbocycles. The molecule has 112 valence electrons. The van der Waals surface area contributed by atoms with E-state index in [0.717, 1.165) is 11.6 Å². The fraction of sp³-hybridized carbons (Fsp3) is 0.625. The van der Waals surface area contributed by atoms with Gasteiger partial charge in [0.25, 0.3) is 0 Å². The summed E-state index contributed by atoms with van der Waals surface area (Å²) in [5, 5.41) is 12.4. The maximum Gasteiger partial charge on any atom is 0.163 e. The molecule has 2 rings (SSSR count). The van der Waals surface area contributed by atoms with E-state index in [-0.39, 0.29) is 13.2 Å². The summed E-state index contributed by atoms with van der Waals surface area (Å²) in [4.78, 5) is 0. The molecule has 4 heteroatoms. The molecule has 1 aromatic rings. The first-order chi connectivity index (χ1) is 9.72. The van der Waals surface area contributed by atoms with Crippen molar-refractivity contribution in [3.63, 3.8) is 0 Å². The predicted molar refractivity (Wildman–Crippen MR) is 80.6 cm³/mol. The highest BCUT2D eigenvalue weighted by atomic mass is 16.5. The summed E-state index contributed by atoms with van der Waals surface area (Å²) in [5.41, 5.74) is 1.03. The van der Waals surface area contributed by atoms with Crippen LogP contribution in [0.1, 0.15) is 32.6 Å². The molecular weight excluding hydrogens is 254 g/mol. The van der Waals surface area contributed by atoms with Crippen LogP contribution < -0.4 is 14.8 Å². The van der Waals surface area contributed by atoms with Crippen LogP contribution in [-0.4, -0.2) is 31.5 Å². The first kappa shape index (κ1) is 15.0. The van der Waals surface area contributed by atoms with Gasteiger partial charge in [-0.1, -0.05) is 19.3 Å². The second-order valence-electron chi connectivity index (χ2n) is 5.52. The first-order valence-electron chi connectivity index (χ1n) is 7.41. The molecule has 0 radical (unpaired) electrons. The van der Waals surface area contributed by atoms with Crippen LogP contribution >= 0.6 is 0 Å². The molecule has 4 nitrogen and oxygen atoms in total. The average molecular weight is 279 g/mol. The summed E-state index contributed by atoms with van der Waals surface area (Å²) in [6.07, 6.45) is 5.36. The van der Waals surface area contributed by atoms with Gasteiger partial charge < -0.3 is 19.9 Å². The van der Waals surface area contributed by atoms with Gasteiger partial charge in [0.05, 0.1) is 13.7 Å². The molecule has 1 fully saturated rings. The van der Waals surface area contributed by atoms with Gasteiger partial charge in [-0.05, 0) is 31.4 Å². The zero-order valence-corrected chi connectivity index (χ0v) is 12.4. The molecule has 1 atom stereocenters. The molecule has 1 aromatic carbocycles. The molecular formula is C16H25NO3. The lowest BCUT2D eigenvalue weighted by Crippen LogP contribution is -2.23. The van der Waals surface area contributed by atoms with E-state index in [2.05, 4.69) is 12.2 Å². The van der Waals surface area contributed by atoms with Crippen LogP contribution in [0.3, 0.4) is 0 Å².